The van der Waals surface area contributed by atoms with E-state index in [1.165, 1.54) is 0 Å². The number of pyridine rings is 1. The Morgan fingerprint density at radius 3 is 2.50 bits per heavy atom. The minimum absolute atomic E-state index is 0.487. The van der Waals surface area contributed by atoms with Gasteiger partial charge in [-0.25, -0.2) is 0 Å². The van der Waals surface area contributed by atoms with Crippen LogP contribution in [0.25, 0.3) is 33.1 Å². The van der Waals surface area contributed by atoms with E-state index in [0.717, 1.165) is 26.3 Å². The van der Waals surface area contributed by atoms with Crippen molar-refractivity contribution in [1.29, 1.82) is 0 Å². The summed E-state index contributed by atoms with van der Waals surface area (Å²) in [4.78, 5) is 4.37. The number of halogens is 2. The molecule has 0 bridgehead atoms. The molecule has 4 aromatic rings. The van der Waals surface area contributed by atoms with Gasteiger partial charge in [0.25, 0.3) is 0 Å². The quantitative estimate of drug-likeness (QED) is 0.493. The molecule has 22 heavy (non-hydrogen) atoms. The first-order valence-corrected chi connectivity index (χ1v) is 6.98. The van der Waals surface area contributed by atoms with Crippen molar-refractivity contribution in [2.24, 2.45) is 0 Å². The van der Waals surface area contributed by atoms with Gasteiger partial charge in [-0.15, -0.1) is 0 Å². The average molecular weight is 292 g/mol. The molecule has 0 amide bonds. The van der Waals surface area contributed by atoms with Gasteiger partial charge in [-0.1, -0.05) is 42.5 Å². The van der Waals surface area contributed by atoms with Gasteiger partial charge in [-0.05, 0) is 23.6 Å². The van der Waals surface area contributed by atoms with Crippen LogP contribution in [0.3, 0.4) is 0 Å². The van der Waals surface area contributed by atoms with Crippen LogP contribution in [0.5, 0.6) is 0 Å². The fourth-order valence-electron chi connectivity index (χ4n) is 2.90. The number of fused-ring (bicyclic) bond motifs is 2. The van der Waals surface area contributed by atoms with Crippen molar-refractivity contribution in [1.82, 2.24) is 9.46 Å². The zero-order valence-electron chi connectivity index (χ0n) is 11.6. The molecule has 0 saturated carbocycles. The first kappa shape index (κ1) is 13.0. The standard InChI is InChI=1S/C17H11BF2N2/c19-18(20)22-15-9-2-1-5-13(15)11-16(22)14-8-3-6-12-7-4-10-21-17(12)14/h1-11H. The maximum Gasteiger partial charge on any atom is 0.678 e. The third kappa shape index (κ3) is 1.90. The Morgan fingerprint density at radius 1 is 0.864 bits per heavy atom. The number of para-hydroxylation sites is 2. The summed E-state index contributed by atoms with van der Waals surface area (Å²) < 4.78 is 28.3. The second-order valence-electron chi connectivity index (χ2n) is 5.12. The molecule has 0 aliphatic carbocycles. The lowest BCUT2D eigenvalue weighted by Crippen LogP contribution is -2.13. The topological polar surface area (TPSA) is 17.8 Å². The van der Waals surface area contributed by atoms with E-state index >= 15 is 0 Å². The molecule has 2 aromatic carbocycles. The van der Waals surface area contributed by atoms with Gasteiger partial charge in [0.1, 0.15) is 0 Å². The Bertz CT molecular complexity index is 973. The van der Waals surface area contributed by atoms with Crippen molar-refractivity contribution < 1.29 is 8.63 Å². The summed E-state index contributed by atoms with van der Waals surface area (Å²) >= 11 is 0. The van der Waals surface area contributed by atoms with Crippen LogP contribution in [0.2, 0.25) is 0 Å². The smallest absolute Gasteiger partial charge is 0.325 e. The second-order valence-corrected chi connectivity index (χ2v) is 5.12. The molecule has 0 atom stereocenters. The second kappa shape index (κ2) is 4.95. The summed E-state index contributed by atoms with van der Waals surface area (Å²) in [6.07, 6.45) is 1.68. The molecule has 0 aliphatic rings. The zero-order valence-corrected chi connectivity index (χ0v) is 11.6. The molecule has 0 aliphatic heterocycles. The van der Waals surface area contributed by atoms with Crippen LogP contribution in [0.1, 0.15) is 0 Å². The largest absolute Gasteiger partial charge is 0.678 e. The monoisotopic (exact) mass is 292 g/mol. The van der Waals surface area contributed by atoms with Gasteiger partial charge in [0.15, 0.2) is 0 Å². The Balaban J connectivity index is 2.10. The van der Waals surface area contributed by atoms with E-state index in [9.17, 15) is 8.63 Å². The first-order valence-electron chi connectivity index (χ1n) is 6.98. The molecule has 0 saturated heterocycles. The third-order valence-corrected chi connectivity index (χ3v) is 3.85. The summed E-state index contributed by atoms with van der Waals surface area (Å²) in [5.74, 6) is 0. The number of nitrogens with zero attached hydrogens (tertiary/aromatic N) is 2. The van der Waals surface area contributed by atoms with Crippen LogP contribution in [0.4, 0.5) is 8.63 Å². The Kier molecular flexibility index (Phi) is 2.93. The Labute approximate surface area is 126 Å². The number of aromatic nitrogens is 2. The van der Waals surface area contributed by atoms with Crippen molar-refractivity contribution in [2.45, 2.75) is 0 Å². The van der Waals surface area contributed by atoms with Gasteiger partial charge in [-0.2, -0.15) is 0 Å². The highest BCUT2D eigenvalue weighted by Crippen LogP contribution is 2.32. The lowest BCUT2D eigenvalue weighted by molar-refractivity contribution is 0.636. The van der Waals surface area contributed by atoms with E-state index in [-0.39, 0.29) is 0 Å². The SMILES string of the molecule is FB(F)n1c(-c2cccc3cccnc23)cc2ccccc21. The molecule has 2 nitrogen and oxygen atoms in total. The first-order chi connectivity index (χ1) is 10.8. The molecule has 2 aromatic heterocycles. The lowest BCUT2D eigenvalue weighted by Gasteiger charge is -2.09. The van der Waals surface area contributed by atoms with Crippen LogP contribution in [-0.4, -0.2) is 16.9 Å². The number of hydrogen-bond acceptors (Lipinski definition) is 1. The van der Waals surface area contributed by atoms with Crippen molar-refractivity contribution in [2.75, 3.05) is 0 Å². The van der Waals surface area contributed by atoms with Crippen LogP contribution >= 0.6 is 0 Å². The summed E-state index contributed by atoms with van der Waals surface area (Å²) in [6.45, 7) is 0. The highest BCUT2D eigenvalue weighted by Gasteiger charge is 2.24. The molecule has 0 unspecified atom stereocenters. The summed E-state index contributed by atoms with van der Waals surface area (Å²) in [6, 6.07) is 18.4. The highest BCUT2D eigenvalue weighted by molar-refractivity contribution is 6.43. The molecule has 0 fully saturated rings. The van der Waals surface area contributed by atoms with Crippen LogP contribution in [-0.2, 0) is 0 Å². The lowest BCUT2D eigenvalue weighted by atomic mass is 10.1. The van der Waals surface area contributed by atoms with Crippen LogP contribution < -0.4 is 0 Å². The van der Waals surface area contributed by atoms with Crippen molar-refractivity contribution in [3.05, 3.63) is 66.9 Å². The highest BCUT2D eigenvalue weighted by atomic mass is 19.2. The van der Waals surface area contributed by atoms with E-state index in [4.69, 9.17) is 0 Å². The fraction of sp³-hybridized carbons (Fsp3) is 0. The molecule has 0 spiro atoms. The average Bonchev–Trinajstić information content (AvgIpc) is 2.93. The Hall–Kier alpha value is -2.69. The van der Waals surface area contributed by atoms with Gasteiger partial charge in [0.2, 0.25) is 0 Å². The van der Waals surface area contributed by atoms with Gasteiger partial charge in [0.05, 0.1) is 5.52 Å². The predicted molar refractivity (Wildman–Crippen MR) is 86.0 cm³/mol. The Morgan fingerprint density at radius 2 is 1.64 bits per heavy atom. The number of hydrogen-bond donors (Lipinski definition) is 0. The molecular formula is C17H11BF2N2. The molecule has 0 N–H and O–H groups in total. The van der Waals surface area contributed by atoms with E-state index in [0.29, 0.717) is 11.2 Å². The van der Waals surface area contributed by atoms with Gasteiger partial charge in [-0.3, -0.25) is 13.6 Å². The number of rotatable bonds is 2. The minimum atomic E-state index is -2.60. The maximum atomic E-state index is 13.6. The van der Waals surface area contributed by atoms with Crippen molar-refractivity contribution in [3.8, 4) is 11.3 Å². The fourth-order valence-corrected chi connectivity index (χ4v) is 2.90. The molecule has 106 valence electrons. The van der Waals surface area contributed by atoms with E-state index in [1.54, 1.807) is 24.4 Å². The van der Waals surface area contributed by atoms with E-state index < -0.39 is 7.40 Å². The van der Waals surface area contributed by atoms with E-state index in [1.807, 2.05) is 42.5 Å². The van der Waals surface area contributed by atoms with Crippen molar-refractivity contribution in [3.63, 3.8) is 0 Å². The summed E-state index contributed by atoms with van der Waals surface area (Å²) in [7, 11) is -2.60. The summed E-state index contributed by atoms with van der Waals surface area (Å²) in [5, 5.41) is 1.73. The molecular weight excluding hydrogens is 281 g/mol. The molecule has 0 radical (unpaired) electrons. The normalized spacial score (nSPS) is 11.2. The zero-order chi connectivity index (χ0) is 15.1. The van der Waals surface area contributed by atoms with E-state index in [2.05, 4.69) is 4.98 Å². The van der Waals surface area contributed by atoms with Crippen LogP contribution in [0.15, 0.2) is 66.9 Å². The van der Waals surface area contributed by atoms with Crippen LogP contribution in [0, 0.1) is 0 Å². The molecule has 2 heterocycles. The maximum absolute atomic E-state index is 13.6. The summed E-state index contributed by atoms with van der Waals surface area (Å²) in [5.41, 5.74) is 2.46. The number of benzene rings is 2. The predicted octanol–water partition coefficient (Wildman–Crippen LogP) is 4.63. The minimum Gasteiger partial charge on any atom is -0.325 e. The van der Waals surface area contributed by atoms with Gasteiger partial charge >= 0.3 is 7.40 Å². The van der Waals surface area contributed by atoms with Gasteiger partial charge < -0.3 is 4.48 Å². The molecule has 4 rings (SSSR count). The molecule has 5 heteroatoms. The third-order valence-electron chi connectivity index (χ3n) is 3.85. The van der Waals surface area contributed by atoms with Gasteiger partial charge in [0, 0.05) is 28.4 Å². The van der Waals surface area contributed by atoms with Crippen molar-refractivity contribution >= 4 is 29.2 Å².